The number of nitrogens with zero attached hydrogens (tertiary/aromatic N) is 3. The van der Waals surface area contributed by atoms with Gasteiger partial charge in [0.1, 0.15) is 0 Å². The Morgan fingerprint density at radius 3 is 2.67 bits per heavy atom. The van der Waals surface area contributed by atoms with Gasteiger partial charge in [-0.1, -0.05) is 42.5 Å². The maximum Gasteiger partial charge on any atom is 0.240 e. The van der Waals surface area contributed by atoms with Crippen LogP contribution in [0.25, 0.3) is 10.9 Å². The van der Waals surface area contributed by atoms with E-state index < -0.39 is 25.1 Å². The van der Waals surface area contributed by atoms with Crippen LogP contribution in [0.3, 0.4) is 0 Å². The number of hydroxylamine groups is 3. The summed E-state index contributed by atoms with van der Waals surface area (Å²) in [4.78, 5) is 0. The Balaban J connectivity index is 1.72. The van der Waals surface area contributed by atoms with Crippen molar-refractivity contribution in [2.75, 3.05) is 27.1 Å². The van der Waals surface area contributed by atoms with E-state index in [1.54, 1.807) is 4.68 Å². The van der Waals surface area contributed by atoms with Crippen LogP contribution >= 0.6 is 0 Å². The summed E-state index contributed by atoms with van der Waals surface area (Å²) in [5.41, 5.74) is 1.94. The summed E-state index contributed by atoms with van der Waals surface area (Å²) >= 11 is 0. The molecule has 5 heteroatoms. The third-order valence-corrected chi connectivity index (χ3v) is 3.66. The van der Waals surface area contributed by atoms with Crippen molar-refractivity contribution < 1.29 is 17.6 Å². The number of quaternary nitrogens is 1. The molecule has 0 bridgehead atoms. The van der Waals surface area contributed by atoms with Crippen LogP contribution in [0.2, 0.25) is 0 Å². The molecule has 3 aromatic rings. The van der Waals surface area contributed by atoms with Gasteiger partial charge in [0, 0.05) is 6.42 Å². The molecule has 3 rings (SSSR count). The summed E-state index contributed by atoms with van der Waals surface area (Å²) in [6.45, 7) is -6.50. The fourth-order valence-corrected chi connectivity index (χ4v) is 2.54. The normalized spacial score (nSPS) is 16.5. The highest BCUT2D eigenvalue weighted by Crippen LogP contribution is 2.25. The first-order valence-electron chi connectivity index (χ1n) is 10.7. The van der Waals surface area contributed by atoms with E-state index in [1.165, 1.54) is 0 Å². The maximum absolute atomic E-state index is 12.5. The first kappa shape index (κ1) is 10.5. The Bertz CT molecular complexity index is 971. The molecule has 0 fully saturated rings. The second kappa shape index (κ2) is 7.03. The summed E-state index contributed by atoms with van der Waals surface area (Å²) in [6.07, 6.45) is -0.0415. The van der Waals surface area contributed by atoms with Crippen LogP contribution in [0.5, 0.6) is 5.88 Å². The van der Waals surface area contributed by atoms with Crippen LogP contribution in [-0.2, 0) is 6.54 Å². The molecule has 0 atom stereocenters. The molecule has 1 aromatic heterocycles. The fraction of sp³-hybridized carbons (Fsp3) is 0.316. The number of fused-ring (bicyclic) bond motifs is 1. The van der Waals surface area contributed by atoms with E-state index in [2.05, 4.69) is 5.10 Å². The first-order chi connectivity index (χ1) is 14.0. The standard InChI is InChI=1S/C19H23N3O2/c1-22(2,23)13-8-14-24-19-17-11-6-7-12-18(17)21(20-19)15-16-9-4-3-5-10-16/h3-7,9-12H,8,13-15H2,1-2H3/i1D3,2D3. The Morgan fingerprint density at radius 2 is 1.88 bits per heavy atom. The largest absolute Gasteiger partial charge is 0.633 e. The van der Waals surface area contributed by atoms with Crippen molar-refractivity contribution in [1.82, 2.24) is 9.78 Å². The van der Waals surface area contributed by atoms with Gasteiger partial charge in [0.2, 0.25) is 5.88 Å². The Hall–Kier alpha value is -2.37. The lowest BCUT2D eigenvalue weighted by molar-refractivity contribution is -0.840. The van der Waals surface area contributed by atoms with Gasteiger partial charge in [-0.25, -0.2) is 0 Å². The second-order valence-corrected chi connectivity index (χ2v) is 5.63. The zero-order valence-corrected chi connectivity index (χ0v) is 13.2. The average molecular weight is 331 g/mol. The predicted octanol–water partition coefficient (Wildman–Crippen LogP) is 3.43. The van der Waals surface area contributed by atoms with Crippen molar-refractivity contribution >= 4 is 10.9 Å². The summed E-state index contributed by atoms with van der Waals surface area (Å²) in [6, 6.07) is 17.3. The highest BCUT2D eigenvalue weighted by atomic mass is 16.5. The lowest BCUT2D eigenvalue weighted by atomic mass is 10.2. The van der Waals surface area contributed by atoms with E-state index >= 15 is 0 Å². The molecule has 0 saturated carbocycles. The smallest absolute Gasteiger partial charge is 0.240 e. The Labute approximate surface area is 150 Å². The van der Waals surface area contributed by atoms with Gasteiger partial charge in [0.05, 0.1) is 52.8 Å². The molecule has 24 heavy (non-hydrogen) atoms. The first-order valence-corrected chi connectivity index (χ1v) is 7.74. The molecule has 0 unspecified atom stereocenters. The van der Waals surface area contributed by atoms with E-state index in [4.69, 9.17) is 13.0 Å². The number of para-hydroxylation sites is 1. The van der Waals surface area contributed by atoms with Crippen LogP contribution < -0.4 is 4.74 Å². The summed E-state index contributed by atoms with van der Waals surface area (Å²) in [7, 11) is 0. The number of hydrogen-bond donors (Lipinski definition) is 0. The number of aromatic nitrogens is 2. The van der Waals surface area contributed by atoms with Gasteiger partial charge >= 0.3 is 0 Å². The molecular formula is C19H23N3O2. The third-order valence-electron chi connectivity index (χ3n) is 3.66. The van der Waals surface area contributed by atoms with E-state index in [0.29, 0.717) is 12.4 Å². The third kappa shape index (κ3) is 4.13. The minimum atomic E-state index is -3.20. The molecule has 0 N–H and O–H groups in total. The minimum absolute atomic E-state index is 0.0270. The summed E-state index contributed by atoms with van der Waals surface area (Å²) in [5, 5.41) is 17.8. The second-order valence-electron chi connectivity index (χ2n) is 5.63. The van der Waals surface area contributed by atoms with Gasteiger partial charge in [-0.05, 0) is 17.7 Å². The van der Waals surface area contributed by atoms with Crippen LogP contribution in [0.15, 0.2) is 54.6 Å². The molecular weight excluding hydrogens is 302 g/mol. The topological polar surface area (TPSA) is 50.1 Å². The van der Waals surface area contributed by atoms with E-state index in [1.807, 2.05) is 54.6 Å². The quantitative estimate of drug-likeness (QED) is 0.379. The molecule has 0 aliphatic carbocycles. The SMILES string of the molecule is [2H]C([2H])([2H])[N+]([O-])(CCCOc1nn(Cc2ccccc2)c2ccccc12)C([2H])([2H])[2H]. The van der Waals surface area contributed by atoms with Crippen molar-refractivity contribution in [3.63, 3.8) is 0 Å². The average Bonchev–Trinajstić information content (AvgIpc) is 3.02. The molecule has 0 saturated heterocycles. The lowest BCUT2D eigenvalue weighted by Crippen LogP contribution is -2.33. The molecule has 0 aliphatic heterocycles. The highest BCUT2D eigenvalue weighted by Gasteiger charge is 2.12. The van der Waals surface area contributed by atoms with Crippen molar-refractivity contribution in [3.8, 4) is 5.88 Å². The lowest BCUT2D eigenvalue weighted by Gasteiger charge is -2.33. The highest BCUT2D eigenvalue weighted by molar-refractivity contribution is 5.84. The zero-order chi connectivity index (χ0) is 22.0. The molecule has 2 aromatic carbocycles. The zero-order valence-electron chi connectivity index (χ0n) is 19.2. The molecule has 0 aliphatic rings. The van der Waals surface area contributed by atoms with Crippen LogP contribution in [-0.4, -0.2) is 41.5 Å². The van der Waals surface area contributed by atoms with E-state index in [9.17, 15) is 5.21 Å². The maximum atomic E-state index is 12.5. The van der Waals surface area contributed by atoms with Gasteiger partial charge < -0.3 is 14.6 Å². The van der Waals surface area contributed by atoms with E-state index in [0.717, 1.165) is 16.5 Å². The van der Waals surface area contributed by atoms with Crippen molar-refractivity contribution in [1.29, 1.82) is 0 Å². The number of benzene rings is 2. The molecule has 5 nitrogen and oxygen atoms in total. The monoisotopic (exact) mass is 331 g/mol. The minimum Gasteiger partial charge on any atom is -0.633 e. The summed E-state index contributed by atoms with van der Waals surface area (Å²) < 4.78 is 49.3. The predicted molar refractivity (Wildman–Crippen MR) is 95.7 cm³/mol. The van der Waals surface area contributed by atoms with Crippen molar-refractivity contribution in [2.45, 2.75) is 13.0 Å². The van der Waals surface area contributed by atoms with Crippen molar-refractivity contribution in [2.24, 2.45) is 0 Å². The van der Waals surface area contributed by atoms with Gasteiger partial charge in [0.15, 0.2) is 0 Å². The van der Waals surface area contributed by atoms with Crippen molar-refractivity contribution in [3.05, 3.63) is 65.4 Å². The van der Waals surface area contributed by atoms with Crippen LogP contribution in [0, 0.1) is 5.21 Å². The Kier molecular flexibility index (Phi) is 3.07. The fourth-order valence-electron chi connectivity index (χ4n) is 2.54. The number of hydrogen-bond acceptors (Lipinski definition) is 3. The molecule has 1 heterocycles. The molecule has 0 radical (unpaired) electrons. The van der Waals surface area contributed by atoms with Gasteiger partial charge in [-0.15, -0.1) is 5.10 Å². The molecule has 0 spiro atoms. The van der Waals surface area contributed by atoms with Crippen LogP contribution in [0.1, 0.15) is 20.2 Å². The van der Waals surface area contributed by atoms with Gasteiger partial charge in [0.25, 0.3) is 0 Å². The molecule has 126 valence electrons. The summed E-state index contributed by atoms with van der Waals surface area (Å²) in [5.74, 6) is 0.355. The van der Waals surface area contributed by atoms with E-state index in [-0.39, 0.29) is 13.0 Å². The van der Waals surface area contributed by atoms with Crippen LogP contribution in [0.4, 0.5) is 0 Å². The van der Waals surface area contributed by atoms with Gasteiger partial charge in [-0.3, -0.25) is 4.68 Å². The van der Waals surface area contributed by atoms with Gasteiger partial charge in [-0.2, -0.15) is 0 Å². The molecule has 0 amide bonds. The Morgan fingerprint density at radius 1 is 1.12 bits per heavy atom. The number of ether oxygens (including phenoxy) is 1. The number of rotatable bonds is 7.